The van der Waals surface area contributed by atoms with Gasteiger partial charge in [0.05, 0.1) is 0 Å². The van der Waals surface area contributed by atoms with Gasteiger partial charge in [0, 0.05) is 31.9 Å². The number of carbonyl (C=O) groups excluding carboxylic acids is 1. The molecule has 7 nitrogen and oxygen atoms in total. The molecule has 3 aromatic carbocycles. The van der Waals surface area contributed by atoms with Crippen molar-refractivity contribution in [2.75, 3.05) is 30.9 Å². The fraction of sp³-hybridized carbons (Fsp3) is 0.192. The van der Waals surface area contributed by atoms with E-state index < -0.39 is 0 Å². The molecule has 0 aliphatic heterocycles. The molecule has 1 N–H and O–H groups in total. The van der Waals surface area contributed by atoms with Crippen LogP contribution in [0.5, 0.6) is 5.75 Å². The van der Waals surface area contributed by atoms with Gasteiger partial charge in [0.1, 0.15) is 5.75 Å². The number of hydrogen-bond donors (Lipinski definition) is 1. The molecule has 0 bridgehead atoms. The number of nitrogens with zero attached hydrogens (tertiary/aromatic N) is 4. The van der Waals surface area contributed by atoms with Gasteiger partial charge in [0.15, 0.2) is 12.4 Å². The van der Waals surface area contributed by atoms with Crippen molar-refractivity contribution in [1.82, 2.24) is 14.8 Å². The lowest BCUT2D eigenvalue weighted by Gasteiger charge is -2.13. The highest BCUT2D eigenvalue weighted by Gasteiger charge is 2.18. The minimum absolute atomic E-state index is 0.146. The summed E-state index contributed by atoms with van der Waals surface area (Å²) in [6, 6.07) is 25.3. The van der Waals surface area contributed by atoms with Crippen LogP contribution in [0.2, 0.25) is 0 Å². The van der Waals surface area contributed by atoms with Crippen molar-refractivity contribution >= 4 is 17.5 Å². The van der Waals surface area contributed by atoms with Gasteiger partial charge in [0.25, 0.3) is 5.91 Å². The summed E-state index contributed by atoms with van der Waals surface area (Å²) in [6.45, 7) is 2.38. The number of anilines is 2. The number of hydrogen-bond acceptors (Lipinski definition) is 6. The maximum atomic E-state index is 13.0. The number of carbonyl (C=O) groups is 1. The number of aromatic nitrogens is 3. The Morgan fingerprint density at radius 1 is 0.970 bits per heavy atom. The van der Waals surface area contributed by atoms with E-state index in [-0.39, 0.29) is 12.5 Å². The van der Waals surface area contributed by atoms with Gasteiger partial charge in [-0.05, 0) is 36.8 Å². The van der Waals surface area contributed by atoms with Gasteiger partial charge in [-0.3, -0.25) is 4.79 Å². The van der Waals surface area contributed by atoms with Crippen LogP contribution in [0.1, 0.15) is 15.9 Å². The number of ether oxygens (including phenoxy) is 1. The fourth-order valence-electron chi connectivity index (χ4n) is 3.24. The van der Waals surface area contributed by atoms with Crippen LogP contribution in [0, 0.1) is 6.92 Å². The van der Waals surface area contributed by atoms with Gasteiger partial charge in [-0.15, -0.1) is 5.10 Å². The zero-order valence-corrected chi connectivity index (χ0v) is 19.0. The zero-order valence-electron chi connectivity index (χ0n) is 19.0. The lowest BCUT2D eigenvalue weighted by molar-refractivity contribution is 0.0824. The lowest BCUT2D eigenvalue weighted by atomic mass is 10.1. The summed E-state index contributed by atoms with van der Waals surface area (Å²) in [4.78, 5) is 19.6. The van der Waals surface area contributed by atoms with E-state index in [1.54, 1.807) is 0 Å². The molecular weight excluding hydrogens is 414 g/mol. The van der Waals surface area contributed by atoms with Crippen molar-refractivity contribution in [3.8, 4) is 17.1 Å². The SMILES string of the molecule is Cc1ccc(-c2nc(NCc3ccc(N(C)C)cc3)n(C(=O)COc3ccccc3)n2)cc1. The molecule has 7 heteroatoms. The predicted octanol–water partition coefficient (Wildman–Crippen LogP) is 4.65. The topological polar surface area (TPSA) is 72.3 Å². The van der Waals surface area contributed by atoms with E-state index in [2.05, 4.69) is 27.5 Å². The summed E-state index contributed by atoms with van der Waals surface area (Å²) in [7, 11) is 4.01. The van der Waals surface area contributed by atoms with Gasteiger partial charge in [-0.25, -0.2) is 0 Å². The first kappa shape index (κ1) is 22.1. The van der Waals surface area contributed by atoms with Gasteiger partial charge >= 0.3 is 0 Å². The molecule has 0 aliphatic carbocycles. The summed E-state index contributed by atoms with van der Waals surface area (Å²) < 4.78 is 6.92. The number of benzene rings is 3. The Bertz CT molecular complexity index is 1200. The molecule has 0 saturated heterocycles. The molecule has 168 valence electrons. The van der Waals surface area contributed by atoms with E-state index in [9.17, 15) is 4.79 Å². The van der Waals surface area contributed by atoms with E-state index in [4.69, 9.17) is 4.74 Å². The molecule has 1 heterocycles. The van der Waals surface area contributed by atoms with Crippen LogP contribution >= 0.6 is 0 Å². The molecule has 0 fully saturated rings. The van der Waals surface area contributed by atoms with Crippen molar-refractivity contribution in [2.24, 2.45) is 0 Å². The Labute approximate surface area is 193 Å². The van der Waals surface area contributed by atoms with Crippen LogP contribution in [-0.2, 0) is 6.54 Å². The van der Waals surface area contributed by atoms with E-state index >= 15 is 0 Å². The maximum Gasteiger partial charge on any atom is 0.287 e. The van der Waals surface area contributed by atoms with Gasteiger partial charge in [0.2, 0.25) is 5.95 Å². The molecule has 0 saturated carbocycles. The largest absolute Gasteiger partial charge is 0.484 e. The average molecular weight is 442 g/mol. The Morgan fingerprint density at radius 2 is 1.67 bits per heavy atom. The third kappa shape index (κ3) is 5.57. The van der Waals surface area contributed by atoms with Crippen LogP contribution < -0.4 is 15.0 Å². The molecule has 0 atom stereocenters. The highest BCUT2D eigenvalue weighted by molar-refractivity contribution is 5.82. The van der Waals surface area contributed by atoms with Crippen LogP contribution in [0.15, 0.2) is 78.9 Å². The molecule has 4 aromatic rings. The zero-order chi connectivity index (χ0) is 23.2. The molecule has 0 spiro atoms. The monoisotopic (exact) mass is 441 g/mol. The second-order valence-electron chi connectivity index (χ2n) is 7.95. The van der Waals surface area contributed by atoms with Crippen LogP contribution in [0.4, 0.5) is 11.6 Å². The molecular formula is C26H27N5O2. The Hall–Kier alpha value is -4.13. The van der Waals surface area contributed by atoms with Crippen LogP contribution in [-0.4, -0.2) is 41.4 Å². The lowest BCUT2D eigenvalue weighted by Crippen LogP contribution is -2.22. The first-order valence-electron chi connectivity index (χ1n) is 10.7. The van der Waals surface area contributed by atoms with Crippen LogP contribution in [0.25, 0.3) is 11.4 Å². The molecule has 1 aromatic heterocycles. The highest BCUT2D eigenvalue weighted by atomic mass is 16.5. The number of aryl methyl sites for hydroxylation is 1. The van der Waals surface area contributed by atoms with E-state index in [0.717, 1.165) is 22.4 Å². The predicted molar refractivity (Wildman–Crippen MR) is 131 cm³/mol. The molecule has 33 heavy (non-hydrogen) atoms. The summed E-state index contributed by atoms with van der Waals surface area (Å²) >= 11 is 0. The normalized spacial score (nSPS) is 10.6. The Morgan fingerprint density at radius 3 is 2.33 bits per heavy atom. The number of rotatable bonds is 8. The Balaban J connectivity index is 1.55. The van der Waals surface area contributed by atoms with Crippen molar-refractivity contribution in [1.29, 1.82) is 0 Å². The first-order chi connectivity index (χ1) is 16.0. The third-order valence-electron chi connectivity index (χ3n) is 5.16. The van der Waals surface area contributed by atoms with Crippen LogP contribution in [0.3, 0.4) is 0 Å². The van der Waals surface area contributed by atoms with E-state index in [1.807, 2.05) is 92.6 Å². The maximum absolute atomic E-state index is 13.0. The van der Waals surface area contributed by atoms with Gasteiger partial charge in [-0.2, -0.15) is 9.67 Å². The smallest absolute Gasteiger partial charge is 0.287 e. The fourth-order valence-corrected chi connectivity index (χ4v) is 3.24. The third-order valence-corrected chi connectivity index (χ3v) is 5.16. The van der Waals surface area contributed by atoms with Crippen molar-refractivity contribution in [3.63, 3.8) is 0 Å². The average Bonchev–Trinajstić information content (AvgIpc) is 3.27. The minimum Gasteiger partial charge on any atom is -0.484 e. The molecule has 0 aliphatic rings. The first-order valence-corrected chi connectivity index (χ1v) is 10.7. The minimum atomic E-state index is -0.310. The van der Waals surface area contributed by atoms with Crippen molar-refractivity contribution in [2.45, 2.75) is 13.5 Å². The summed E-state index contributed by atoms with van der Waals surface area (Å²) in [5.41, 5.74) is 4.18. The van der Waals surface area contributed by atoms with E-state index in [1.165, 1.54) is 4.68 Å². The standard InChI is InChI=1S/C26H27N5O2/c1-19-9-13-21(14-10-19)25-28-26(27-17-20-11-15-22(16-12-20)30(2)3)31(29-25)24(32)18-33-23-7-5-4-6-8-23/h4-16H,17-18H2,1-3H3,(H,27,28,29). The second kappa shape index (κ2) is 9.99. The molecule has 0 radical (unpaired) electrons. The molecule has 4 rings (SSSR count). The van der Waals surface area contributed by atoms with Crippen molar-refractivity contribution in [3.05, 3.63) is 90.0 Å². The van der Waals surface area contributed by atoms with Gasteiger partial charge in [-0.1, -0.05) is 60.2 Å². The summed E-state index contributed by atoms with van der Waals surface area (Å²) in [6.07, 6.45) is 0. The summed E-state index contributed by atoms with van der Waals surface area (Å²) in [5, 5.41) is 7.74. The van der Waals surface area contributed by atoms with Crippen molar-refractivity contribution < 1.29 is 9.53 Å². The molecule has 0 unspecified atom stereocenters. The molecule has 0 amide bonds. The summed E-state index contributed by atoms with van der Waals surface area (Å²) in [5.74, 6) is 1.17. The Kier molecular flexibility index (Phi) is 6.69. The quantitative estimate of drug-likeness (QED) is 0.429. The number of para-hydroxylation sites is 1. The second-order valence-corrected chi connectivity index (χ2v) is 7.95. The highest BCUT2D eigenvalue weighted by Crippen LogP contribution is 2.20. The van der Waals surface area contributed by atoms with Gasteiger partial charge < -0.3 is 15.0 Å². The van der Waals surface area contributed by atoms with E-state index in [0.29, 0.717) is 24.1 Å². The number of nitrogens with one attached hydrogen (secondary N) is 1.